The van der Waals surface area contributed by atoms with Crippen LogP contribution in [0.4, 0.5) is 5.69 Å². The quantitative estimate of drug-likeness (QED) is 0.808. The molecule has 0 aromatic heterocycles. The van der Waals surface area contributed by atoms with Crippen LogP contribution in [-0.4, -0.2) is 6.29 Å². The van der Waals surface area contributed by atoms with Gasteiger partial charge in [0.2, 0.25) is 0 Å². The normalized spacial score (nSPS) is 19.3. The van der Waals surface area contributed by atoms with Crippen molar-refractivity contribution in [1.82, 2.24) is 0 Å². The van der Waals surface area contributed by atoms with E-state index < -0.39 is 0 Å². The lowest BCUT2D eigenvalue weighted by Crippen LogP contribution is -2.00. The van der Waals surface area contributed by atoms with Gasteiger partial charge in [0.05, 0.1) is 5.92 Å². The Bertz CT molecular complexity index is 602. The standard InChI is InChI=1S/C16H13NO/c18-11-14-13-8-4-5-9-15(13)17-16(14)10-12-6-2-1-3-7-12/h1-11,14,17H. The van der Waals surface area contributed by atoms with E-state index in [4.69, 9.17) is 0 Å². The predicted molar refractivity (Wildman–Crippen MR) is 73.3 cm³/mol. The van der Waals surface area contributed by atoms with Crippen molar-refractivity contribution in [1.29, 1.82) is 0 Å². The third kappa shape index (κ3) is 1.82. The number of benzene rings is 2. The molecule has 18 heavy (non-hydrogen) atoms. The number of carbonyl (C=O) groups is 1. The van der Waals surface area contributed by atoms with Crippen LogP contribution in [0, 0.1) is 0 Å². The van der Waals surface area contributed by atoms with Crippen LogP contribution in [0.15, 0.2) is 60.3 Å². The van der Waals surface area contributed by atoms with Gasteiger partial charge >= 0.3 is 0 Å². The summed E-state index contributed by atoms with van der Waals surface area (Å²) in [6, 6.07) is 17.9. The lowest BCUT2D eigenvalue weighted by atomic mass is 9.99. The minimum atomic E-state index is -0.179. The van der Waals surface area contributed by atoms with Crippen LogP contribution in [0.3, 0.4) is 0 Å². The van der Waals surface area contributed by atoms with Crippen LogP contribution in [0.2, 0.25) is 0 Å². The lowest BCUT2D eigenvalue weighted by Gasteiger charge is -2.04. The summed E-state index contributed by atoms with van der Waals surface area (Å²) in [5.74, 6) is -0.179. The Morgan fingerprint density at radius 3 is 2.44 bits per heavy atom. The van der Waals surface area contributed by atoms with E-state index in [1.165, 1.54) is 0 Å². The van der Waals surface area contributed by atoms with Crippen molar-refractivity contribution in [3.63, 3.8) is 0 Å². The Balaban J connectivity index is 2.01. The Hall–Kier alpha value is -2.35. The first kappa shape index (κ1) is 10.8. The zero-order valence-electron chi connectivity index (χ0n) is 9.84. The Morgan fingerprint density at radius 2 is 1.67 bits per heavy atom. The van der Waals surface area contributed by atoms with Gasteiger partial charge in [-0.3, -0.25) is 0 Å². The topological polar surface area (TPSA) is 29.1 Å². The van der Waals surface area contributed by atoms with Gasteiger partial charge in [0.25, 0.3) is 0 Å². The van der Waals surface area contributed by atoms with Gasteiger partial charge in [0.1, 0.15) is 6.29 Å². The number of anilines is 1. The molecular formula is C16H13NO. The van der Waals surface area contributed by atoms with E-state index >= 15 is 0 Å². The lowest BCUT2D eigenvalue weighted by molar-refractivity contribution is -0.108. The van der Waals surface area contributed by atoms with Crippen molar-refractivity contribution in [3.8, 4) is 0 Å². The van der Waals surface area contributed by atoms with E-state index in [1.807, 2.05) is 60.7 Å². The molecule has 3 rings (SSSR count). The maximum absolute atomic E-state index is 11.3. The monoisotopic (exact) mass is 235 g/mol. The fourth-order valence-electron chi connectivity index (χ4n) is 2.28. The van der Waals surface area contributed by atoms with Crippen molar-refractivity contribution >= 4 is 18.0 Å². The van der Waals surface area contributed by atoms with E-state index in [1.54, 1.807) is 0 Å². The van der Waals surface area contributed by atoms with Crippen LogP contribution in [0.1, 0.15) is 17.0 Å². The van der Waals surface area contributed by atoms with Gasteiger partial charge in [-0.15, -0.1) is 0 Å². The maximum Gasteiger partial charge on any atom is 0.133 e. The molecule has 2 aromatic rings. The summed E-state index contributed by atoms with van der Waals surface area (Å²) in [5, 5.41) is 3.31. The summed E-state index contributed by atoms with van der Waals surface area (Å²) < 4.78 is 0. The summed E-state index contributed by atoms with van der Waals surface area (Å²) in [5.41, 5.74) is 4.11. The Labute approximate surface area is 106 Å². The largest absolute Gasteiger partial charge is 0.358 e. The molecule has 1 N–H and O–H groups in total. The summed E-state index contributed by atoms with van der Waals surface area (Å²) >= 11 is 0. The number of aldehydes is 1. The summed E-state index contributed by atoms with van der Waals surface area (Å²) in [7, 11) is 0. The molecule has 0 spiro atoms. The van der Waals surface area contributed by atoms with Crippen molar-refractivity contribution in [2.24, 2.45) is 0 Å². The molecule has 0 amide bonds. The zero-order valence-corrected chi connectivity index (χ0v) is 9.84. The minimum Gasteiger partial charge on any atom is -0.358 e. The minimum absolute atomic E-state index is 0.179. The molecule has 1 heterocycles. The van der Waals surface area contributed by atoms with Crippen molar-refractivity contribution < 1.29 is 4.79 Å². The first-order valence-electron chi connectivity index (χ1n) is 5.96. The molecule has 0 saturated carbocycles. The van der Waals surface area contributed by atoms with Gasteiger partial charge in [-0.1, -0.05) is 48.5 Å². The van der Waals surface area contributed by atoms with Crippen LogP contribution in [0.25, 0.3) is 6.08 Å². The average Bonchev–Trinajstić information content (AvgIpc) is 2.77. The van der Waals surface area contributed by atoms with Gasteiger partial charge < -0.3 is 10.1 Å². The van der Waals surface area contributed by atoms with Gasteiger partial charge in [-0.25, -0.2) is 0 Å². The van der Waals surface area contributed by atoms with E-state index in [0.717, 1.165) is 28.8 Å². The van der Waals surface area contributed by atoms with Crippen LogP contribution in [-0.2, 0) is 4.79 Å². The van der Waals surface area contributed by atoms with E-state index in [2.05, 4.69) is 5.32 Å². The van der Waals surface area contributed by atoms with Crippen LogP contribution < -0.4 is 5.32 Å². The number of nitrogens with one attached hydrogen (secondary N) is 1. The summed E-state index contributed by atoms with van der Waals surface area (Å²) in [6.45, 7) is 0. The van der Waals surface area contributed by atoms with Crippen molar-refractivity contribution in [2.45, 2.75) is 5.92 Å². The Kier molecular flexibility index (Phi) is 2.69. The molecule has 2 nitrogen and oxygen atoms in total. The fraction of sp³-hybridized carbons (Fsp3) is 0.0625. The second-order valence-corrected chi connectivity index (χ2v) is 4.34. The third-order valence-corrected chi connectivity index (χ3v) is 3.17. The number of allylic oxidation sites excluding steroid dienone is 1. The second kappa shape index (κ2) is 4.49. The van der Waals surface area contributed by atoms with Crippen molar-refractivity contribution in [3.05, 3.63) is 71.4 Å². The number of para-hydroxylation sites is 1. The van der Waals surface area contributed by atoms with Crippen molar-refractivity contribution in [2.75, 3.05) is 5.32 Å². The highest BCUT2D eigenvalue weighted by atomic mass is 16.1. The number of hydrogen-bond acceptors (Lipinski definition) is 2. The van der Waals surface area contributed by atoms with Gasteiger partial charge in [-0.05, 0) is 23.3 Å². The third-order valence-electron chi connectivity index (χ3n) is 3.17. The molecule has 0 radical (unpaired) electrons. The van der Waals surface area contributed by atoms with E-state index in [9.17, 15) is 4.79 Å². The zero-order chi connectivity index (χ0) is 12.4. The van der Waals surface area contributed by atoms with Gasteiger partial charge in [-0.2, -0.15) is 0 Å². The van der Waals surface area contributed by atoms with E-state index in [0.29, 0.717) is 0 Å². The summed E-state index contributed by atoms with van der Waals surface area (Å²) in [4.78, 5) is 11.3. The van der Waals surface area contributed by atoms with Crippen LogP contribution in [0.5, 0.6) is 0 Å². The average molecular weight is 235 g/mol. The van der Waals surface area contributed by atoms with Crippen LogP contribution >= 0.6 is 0 Å². The highest BCUT2D eigenvalue weighted by Crippen LogP contribution is 2.37. The molecule has 0 bridgehead atoms. The SMILES string of the molecule is O=CC1C(=Cc2ccccc2)Nc2ccccc21. The number of fused-ring (bicyclic) bond motifs is 1. The highest BCUT2D eigenvalue weighted by molar-refractivity contribution is 5.83. The van der Waals surface area contributed by atoms with E-state index in [-0.39, 0.29) is 5.92 Å². The molecule has 1 atom stereocenters. The molecule has 88 valence electrons. The first-order valence-corrected chi connectivity index (χ1v) is 5.96. The first-order chi connectivity index (χ1) is 8.88. The summed E-state index contributed by atoms with van der Waals surface area (Å²) in [6.07, 6.45) is 3.02. The molecule has 0 aliphatic carbocycles. The number of carbonyl (C=O) groups excluding carboxylic acids is 1. The van der Waals surface area contributed by atoms with Gasteiger partial charge in [0, 0.05) is 11.4 Å². The predicted octanol–water partition coefficient (Wildman–Crippen LogP) is 3.44. The smallest absolute Gasteiger partial charge is 0.133 e. The molecule has 0 fully saturated rings. The highest BCUT2D eigenvalue weighted by Gasteiger charge is 2.25. The molecule has 1 aliphatic heterocycles. The molecule has 1 aliphatic rings. The Morgan fingerprint density at radius 1 is 0.944 bits per heavy atom. The molecule has 0 saturated heterocycles. The fourth-order valence-corrected chi connectivity index (χ4v) is 2.28. The molecular weight excluding hydrogens is 222 g/mol. The second-order valence-electron chi connectivity index (χ2n) is 4.34. The number of rotatable bonds is 2. The number of hydrogen-bond donors (Lipinski definition) is 1. The molecule has 1 unspecified atom stereocenters. The molecule has 2 aromatic carbocycles. The maximum atomic E-state index is 11.3. The molecule has 2 heteroatoms. The van der Waals surface area contributed by atoms with Gasteiger partial charge in [0.15, 0.2) is 0 Å².